The molecule has 0 aromatic heterocycles. The van der Waals surface area contributed by atoms with E-state index in [0.717, 1.165) is 25.8 Å². The molecule has 0 fully saturated rings. The van der Waals surface area contributed by atoms with E-state index in [0.29, 0.717) is 32.1 Å². The molecule has 124 valence electrons. The zero-order valence-electron chi connectivity index (χ0n) is 14.0. The highest BCUT2D eigenvalue weighted by Crippen LogP contribution is 1.97. The Bertz CT molecular complexity index is 295. The zero-order valence-corrected chi connectivity index (χ0v) is 14.0. The van der Waals surface area contributed by atoms with Crippen molar-refractivity contribution >= 4 is 11.9 Å². The first kappa shape index (κ1) is 19.7. The first-order valence-electron chi connectivity index (χ1n) is 7.96. The molecule has 21 heavy (non-hydrogen) atoms. The number of amides is 3. The van der Waals surface area contributed by atoms with Crippen LogP contribution in [0.5, 0.6) is 0 Å². The monoisotopic (exact) mass is 300 g/mol. The van der Waals surface area contributed by atoms with Gasteiger partial charge in [-0.25, -0.2) is 4.79 Å². The van der Waals surface area contributed by atoms with Gasteiger partial charge < -0.3 is 20.9 Å². The molecule has 0 rings (SSSR count). The molecule has 6 nitrogen and oxygen atoms in total. The molecule has 0 saturated carbocycles. The predicted octanol–water partition coefficient (Wildman–Crippen LogP) is 1.32. The fourth-order valence-corrected chi connectivity index (χ4v) is 1.65. The van der Waals surface area contributed by atoms with E-state index < -0.39 is 0 Å². The number of hydrogen-bond acceptors (Lipinski definition) is 3. The molecule has 0 aromatic carbocycles. The average Bonchev–Trinajstić information content (AvgIpc) is 2.44. The van der Waals surface area contributed by atoms with Gasteiger partial charge in [-0.1, -0.05) is 6.92 Å². The minimum Gasteiger partial charge on any atom is -0.356 e. The van der Waals surface area contributed by atoms with Gasteiger partial charge in [0.1, 0.15) is 0 Å². The Morgan fingerprint density at radius 3 is 2.29 bits per heavy atom. The number of rotatable bonds is 11. The molecule has 3 amide bonds. The van der Waals surface area contributed by atoms with Crippen molar-refractivity contribution < 1.29 is 9.59 Å². The zero-order chi connectivity index (χ0) is 16.1. The van der Waals surface area contributed by atoms with Gasteiger partial charge in [0.15, 0.2) is 0 Å². The van der Waals surface area contributed by atoms with E-state index in [1.54, 1.807) is 0 Å². The van der Waals surface area contributed by atoms with Crippen LogP contribution in [0.1, 0.15) is 46.5 Å². The fraction of sp³-hybridized carbons (Fsp3) is 0.867. The second-order valence-electron chi connectivity index (χ2n) is 5.56. The minimum absolute atomic E-state index is 0.0196. The van der Waals surface area contributed by atoms with Gasteiger partial charge in [0.2, 0.25) is 5.91 Å². The summed E-state index contributed by atoms with van der Waals surface area (Å²) in [6, 6.07) is 0.357. The summed E-state index contributed by atoms with van der Waals surface area (Å²) >= 11 is 0. The van der Waals surface area contributed by atoms with Crippen LogP contribution in [0.2, 0.25) is 0 Å². The maximum Gasteiger partial charge on any atom is 0.314 e. The first-order chi connectivity index (χ1) is 9.97. The summed E-state index contributed by atoms with van der Waals surface area (Å²) in [4.78, 5) is 25.1. The van der Waals surface area contributed by atoms with Crippen molar-refractivity contribution in [2.24, 2.45) is 0 Å². The van der Waals surface area contributed by atoms with Gasteiger partial charge in [0.25, 0.3) is 0 Å². The molecule has 0 radical (unpaired) electrons. The highest BCUT2D eigenvalue weighted by atomic mass is 16.2. The average molecular weight is 300 g/mol. The molecular weight excluding hydrogens is 268 g/mol. The molecule has 0 bridgehead atoms. The number of carbonyl (C=O) groups excluding carboxylic acids is 2. The van der Waals surface area contributed by atoms with E-state index >= 15 is 0 Å². The lowest BCUT2D eigenvalue weighted by Gasteiger charge is -2.20. The third kappa shape index (κ3) is 12.2. The Hall–Kier alpha value is -1.30. The summed E-state index contributed by atoms with van der Waals surface area (Å²) in [6.45, 7) is 9.11. The lowest BCUT2D eigenvalue weighted by Crippen LogP contribution is -2.38. The SMILES string of the molecule is CCCNC(=O)CCNC(=O)NCCCCN(C)C(C)C. The van der Waals surface area contributed by atoms with E-state index in [2.05, 4.69) is 41.7 Å². The maximum atomic E-state index is 11.5. The molecule has 3 N–H and O–H groups in total. The van der Waals surface area contributed by atoms with Gasteiger partial charge in [-0.3, -0.25) is 4.79 Å². The van der Waals surface area contributed by atoms with Crippen LogP contribution in [0.25, 0.3) is 0 Å². The van der Waals surface area contributed by atoms with Crippen molar-refractivity contribution in [3.63, 3.8) is 0 Å². The third-order valence-corrected chi connectivity index (χ3v) is 3.31. The smallest absolute Gasteiger partial charge is 0.314 e. The van der Waals surface area contributed by atoms with Crippen LogP contribution in [0.4, 0.5) is 4.79 Å². The van der Waals surface area contributed by atoms with Crippen LogP contribution < -0.4 is 16.0 Å². The fourth-order valence-electron chi connectivity index (χ4n) is 1.65. The predicted molar refractivity (Wildman–Crippen MR) is 86.3 cm³/mol. The molecule has 0 aliphatic carbocycles. The number of nitrogens with one attached hydrogen (secondary N) is 3. The van der Waals surface area contributed by atoms with Crippen LogP contribution in [0, 0.1) is 0 Å². The molecule has 6 heteroatoms. The van der Waals surface area contributed by atoms with E-state index in [1.807, 2.05) is 6.92 Å². The number of urea groups is 1. The largest absolute Gasteiger partial charge is 0.356 e. The van der Waals surface area contributed by atoms with Gasteiger partial charge >= 0.3 is 6.03 Å². The number of carbonyl (C=O) groups is 2. The second-order valence-corrected chi connectivity index (χ2v) is 5.56. The minimum atomic E-state index is -0.199. The van der Waals surface area contributed by atoms with Gasteiger partial charge in [-0.2, -0.15) is 0 Å². The Morgan fingerprint density at radius 1 is 1.00 bits per heavy atom. The normalized spacial score (nSPS) is 10.8. The van der Waals surface area contributed by atoms with Gasteiger partial charge in [-0.15, -0.1) is 0 Å². The molecule has 0 spiro atoms. The highest BCUT2D eigenvalue weighted by molar-refractivity contribution is 5.78. The van der Waals surface area contributed by atoms with Crippen LogP contribution in [0.3, 0.4) is 0 Å². The Kier molecular flexibility index (Phi) is 11.7. The van der Waals surface area contributed by atoms with Crippen molar-refractivity contribution in [3.8, 4) is 0 Å². The molecule has 0 atom stereocenters. The lowest BCUT2D eigenvalue weighted by molar-refractivity contribution is -0.120. The number of nitrogens with zero attached hydrogens (tertiary/aromatic N) is 1. The molecule has 0 aliphatic heterocycles. The first-order valence-corrected chi connectivity index (χ1v) is 7.96. The van der Waals surface area contributed by atoms with Crippen molar-refractivity contribution in [1.82, 2.24) is 20.9 Å². The molecule has 0 aromatic rings. The quantitative estimate of drug-likeness (QED) is 0.504. The van der Waals surface area contributed by atoms with Gasteiger partial charge in [0.05, 0.1) is 0 Å². The van der Waals surface area contributed by atoms with E-state index in [9.17, 15) is 9.59 Å². The van der Waals surface area contributed by atoms with Crippen molar-refractivity contribution in [2.75, 3.05) is 33.2 Å². The summed E-state index contributed by atoms with van der Waals surface area (Å²) < 4.78 is 0. The Labute approximate surface area is 129 Å². The van der Waals surface area contributed by atoms with Crippen LogP contribution in [-0.4, -0.2) is 56.1 Å². The summed E-state index contributed by atoms with van der Waals surface area (Å²) in [5.74, 6) is -0.0196. The molecule has 0 aliphatic rings. The molecular formula is C15H32N4O2. The van der Waals surface area contributed by atoms with Crippen LogP contribution in [0.15, 0.2) is 0 Å². The van der Waals surface area contributed by atoms with Gasteiger partial charge in [0, 0.05) is 32.1 Å². The summed E-state index contributed by atoms with van der Waals surface area (Å²) in [5.41, 5.74) is 0. The Morgan fingerprint density at radius 2 is 1.67 bits per heavy atom. The standard InChI is InChI=1S/C15H32N4O2/c1-5-9-16-14(20)8-11-18-15(21)17-10-6-7-12-19(4)13(2)3/h13H,5-12H2,1-4H3,(H,16,20)(H2,17,18,21). The van der Waals surface area contributed by atoms with E-state index in [1.165, 1.54) is 0 Å². The van der Waals surface area contributed by atoms with Crippen molar-refractivity contribution in [3.05, 3.63) is 0 Å². The lowest BCUT2D eigenvalue weighted by atomic mass is 10.2. The third-order valence-electron chi connectivity index (χ3n) is 3.31. The van der Waals surface area contributed by atoms with Crippen molar-refractivity contribution in [1.29, 1.82) is 0 Å². The van der Waals surface area contributed by atoms with E-state index in [4.69, 9.17) is 0 Å². The Balaban J connectivity index is 3.44. The second kappa shape index (κ2) is 12.4. The molecule has 0 unspecified atom stereocenters. The summed E-state index contributed by atoms with van der Waals surface area (Å²) in [6.07, 6.45) is 3.27. The number of hydrogen-bond donors (Lipinski definition) is 3. The maximum absolute atomic E-state index is 11.5. The van der Waals surface area contributed by atoms with Gasteiger partial charge in [-0.05, 0) is 46.7 Å². The highest BCUT2D eigenvalue weighted by Gasteiger charge is 2.04. The van der Waals surface area contributed by atoms with Crippen LogP contribution in [-0.2, 0) is 4.79 Å². The molecule has 0 heterocycles. The van der Waals surface area contributed by atoms with Crippen LogP contribution >= 0.6 is 0 Å². The molecule has 0 saturated heterocycles. The topological polar surface area (TPSA) is 73.5 Å². The summed E-state index contributed by atoms with van der Waals surface area (Å²) in [7, 11) is 2.11. The summed E-state index contributed by atoms with van der Waals surface area (Å²) in [5, 5.41) is 8.26. The van der Waals surface area contributed by atoms with Crippen molar-refractivity contribution in [2.45, 2.75) is 52.5 Å². The van der Waals surface area contributed by atoms with E-state index in [-0.39, 0.29) is 11.9 Å². The number of unbranched alkanes of at least 4 members (excludes halogenated alkanes) is 1.